The van der Waals surface area contributed by atoms with Crippen LogP contribution in [-0.4, -0.2) is 50.4 Å². The van der Waals surface area contributed by atoms with Crippen LogP contribution in [0.25, 0.3) is 11.1 Å². The van der Waals surface area contributed by atoms with Crippen molar-refractivity contribution in [3.05, 3.63) is 77.9 Å². The number of halogens is 8. The van der Waals surface area contributed by atoms with Gasteiger partial charge in [0.1, 0.15) is 23.5 Å². The van der Waals surface area contributed by atoms with Gasteiger partial charge in [-0.25, -0.2) is 17.2 Å². The third kappa shape index (κ3) is 5.99. The van der Waals surface area contributed by atoms with Crippen LogP contribution in [0.5, 0.6) is 5.75 Å². The van der Waals surface area contributed by atoms with E-state index < -0.39 is 75.2 Å². The van der Waals surface area contributed by atoms with Crippen LogP contribution in [-0.2, 0) is 21.0 Å². The minimum absolute atomic E-state index is 0.0356. The zero-order valence-corrected chi connectivity index (χ0v) is 22.0. The number of hydrogen-bond acceptors (Lipinski definition) is 5. The van der Waals surface area contributed by atoms with Gasteiger partial charge in [0.2, 0.25) is 5.60 Å². The van der Waals surface area contributed by atoms with E-state index in [1.165, 1.54) is 6.07 Å². The van der Waals surface area contributed by atoms with Crippen molar-refractivity contribution in [2.24, 2.45) is 0 Å². The number of aliphatic hydroxyl groups is 1. The summed E-state index contributed by atoms with van der Waals surface area (Å²) < 4.78 is 141. The summed E-state index contributed by atoms with van der Waals surface area (Å²) in [5.41, 5.74) is -5.71. The molecule has 1 aliphatic heterocycles. The van der Waals surface area contributed by atoms with Crippen LogP contribution < -0.4 is 14.4 Å². The minimum Gasteiger partial charge on any atom is -0.484 e. The summed E-state index contributed by atoms with van der Waals surface area (Å²) in [4.78, 5) is 11.2. The van der Waals surface area contributed by atoms with Gasteiger partial charge < -0.3 is 15.2 Å². The van der Waals surface area contributed by atoms with Gasteiger partial charge in [-0.1, -0.05) is 12.1 Å². The zero-order chi connectivity index (χ0) is 31.3. The van der Waals surface area contributed by atoms with E-state index in [0.29, 0.717) is 16.4 Å². The molecule has 42 heavy (non-hydrogen) atoms. The molecule has 0 aromatic heterocycles. The van der Waals surface area contributed by atoms with Gasteiger partial charge in [0.25, 0.3) is 15.9 Å². The number of nitrogens with zero attached hydrogens (tertiary/aromatic N) is 1. The van der Waals surface area contributed by atoms with E-state index in [4.69, 9.17) is 4.74 Å². The topological polar surface area (TPSA) is 95.9 Å². The Hall–Kier alpha value is -3.92. The summed E-state index contributed by atoms with van der Waals surface area (Å²) in [7, 11) is -4.86. The third-order valence-electron chi connectivity index (χ3n) is 6.36. The maximum Gasteiger partial charge on any atom is 0.426 e. The van der Waals surface area contributed by atoms with Crippen molar-refractivity contribution in [3.8, 4) is 16.9 Å². The standard InChI is InChI=1S/C26H20F8N2O5S/c1-24(38,26(32,33)34)23(37)35-12-17-13-36(42(39,40)18-4-2-3-15(10-18)25(29,30)31)21-9-14(5-8-22(21)41-17)19-11-16(27)6-7-20(19)28/h2-11,17,38H,12-13H2,1H3,(H,35,37). The fourth-order valence-electron chi connectivity index (χ4n) is 4.00. The lowest BCUT2D eigenvalue weighted by molar-refractivity contribution is -0.245. The molecule has 0 saturated heterocycles. The summed E-state index contributed by atoms with van der Waals surface area (Å²) in [6.07, 6.45) is -11.7. The number of anilines is 1. The number of amides is 1. The first-order valence-electron chi connectivity index (χ1n) is 11.9. The van der Waals surface area contributed by atoms with Crippen molar-refractivity contribution < 1.29 is 58.2 Å². The molecule has 0 aliphatic carbocycles. The molecule has 0 fully saturated rings. The highest BCUT2D eigenvalue weighted by Crippen LogP contribution is 2.41. The van der Waals surface area contributed by atoms with Crippen molar-refractivity contribution >= 4 is 21.6 Å². The highest BCUT2D eigenvalue weighted by molar-refractivity contribution is 7.92. The first-order chi connectivity index (χ1) is 19.3. The second-order valence-corrected chi connectivity index (χ2v) is 11.3. The van der Waals surface area contributed by atoms with Crippen LogP contribution in [0.2, 0.25) is 0 Å². The summed E-state index contributed by atoms with van der Waals surface area (Å²) in [5, 5.41) is 11.4. The van der Waals surface area contributed by atoms with E-state index in [2.05, 4.69) is 0 Å². The number of rotatable bonds is 6. The lowest BCUT2D eigenvalue weighted by Gasteiger charge is -2.36. The summed E-state index contributed by atoms with van der Waals surface area (Å²) in [6, 6.07) is 8.70. The fourth-order valence-corrected chi connectivity index (χ4v) is 5.54. The number of fused-ring (bicyclic) bond motifs is 1. The molecule has 7 nitrogen and oxygen atoms in total. The molecule has 0 radical (unpaired) electrons. The normalized spacial score (nSPS) is 17.2. The van der Waals surface area contributed by atoms with E-state index in [1.54, 1.807) is 0 Å². The van der Waals surface area contributed by atoms with Gasteiger partial charge in [-0.2, -0.15) is 26.3 Å². The predicted molar refractivity (Wildman–Crippen MR) is 132 cm³/mol. The van der Waals surface area contributed by atoms with E-state index in [9.17, 15) is 53.4 Å². The first-order valence-corrected chi connectivity index (χ1v) is 13.3. The summed E-state index contributed by atoms with van der Waals surface area (Å²) in [5.74, 6) is -3.81. The molecule has 16 heteroatoms. The number of alkyl halides is 6. The molecule has 2 N–H and O–H groups in total. The molecule has 0 bridgehead atoms. The number of carbonyl (C=O) groups excluding carboxylic acids is 1. The Morgan fingerprint density at radius 2 is 1.71 bits per heavy atom. The van der Waals surface area contributed by atoms with Crippen LogP contribution >= 0.6 is 0 Å². The molecule has 2 atom stereocenters. The average molecular weight is 625 g/mol. The van der Waals surface area contributed by atoms with Crippen LogP contribution in [0, 0.1) is 11.6 Å². The Kier molecular flexibility index (Phi) is 7.92. The Bertz CT molecular complexity index is 1620. The van der Waals surface area contributed by atoms with Crippen molar-refractivity contribution in [1.82, 2.24) is 5.32 Å². The monoisotopic (exact) mass is 624 g/mol. The Balaban J connectivity index is 1.77. The molecule has 2 unspecified atom stereocenters. The predicted octanol–water partition coefficient (Wildman–Crippen LogP) is 5.04. The largest absolute Gasteiger partial charge is 0.484 e. The quantitative estimate of drug-likeness (QED) is 0.375. The Morgan fingerprint density at radius 3 is 2.36 bits per heavy atom. The SMILES string of the molecule is CC(O)(C(=O)NCC1CN(S(=O)(=O)c2cccc(C(F)(F)F)c2)c2cc(-c3cc(F)ccc3F)ccc2O1)C(F)(F)F. The molecule has 1 aliphatic rings. The molecule has 0 saturated carbocycles. The van der Waals surface area contributed by atoms with Crippen molar-refractivity contribution in [2.75, 3.05) is 17.4 Å². The fraction of sp³-hybridized carbons (Fsp3) is 0.269. The third-order valence-corrected chi connectivity index (χ3v) is 8.14. The summed E-state index contributed by atoms with van der Waals surface area (Å²) >= 11 is 0. The highest BCUT2D eigenvalue weighted by Gasteiger charge is 2.55. The molecule has 0 spiro atoms. The van der Waals surface area contributed by atoms with Gasteiger partial charge >= 0.3 is 12.4 Å². The second-order valence-electron chi connectivity index (χ2n) is 9.39. The smallest absolute Gasteiger partial charge is 0.426 e. The maximum absolute atomic E-state index is 14.5. The van der Waals surface area contributed by atoms with Gasteiger partial charge in [0.15, 0.2) is 0 Å². The van der Waals surface area contributed by atoms with Crippen LogP contribution in [0.4, 0.5) is 40.8 Å². The van der Waals surface area contributed by atoms with Crippen LogP contribution in [0.1, 0.15) is 12.5 Å². The average Bonchev–Trinajstić information content (AvgIpc) is 2.91. The van der Waals surface area contributed by atoms with E-state index in [-0.39, 0.29) is 29.5 Å². The minimum atomic E-state index is -5.35. The second kappa shape index (κ2) is 10.7. The molecule has 3 aromatic rings. The molecular formula is C26H20F8N2O5S. The van der Waals surface area contributed by atoms with Crippen LogP contribution in [0.3, 0.4) is 0 Å². The number of carbonyl (C=O) groups is 1. The maximum atomic E-state index is 14.5. The number of hydrogen-bond donors (Lipinski definition) is 2. The zero-order valence-electron chi connectivity index (χ0n) is 21.2. The Labute approximate surface area is 233 Å². The number of sulfonamides is 1. The number of nitrogens with one attached hydrogen (secondary N) is 1. The van der Waals surface area contributed by atoms with Gasteiger partial charge in [0.05, 0.1) is 29.2 Å². The lowest BCUT2D eigenvalue weighted by atomic mass is 10.0. The lowest BCUT2D eigenvalue weighted by Crippen LogP contribution is -2.57. The van der Waals surface area contributed by atoms with Gasteiger partial charge in [-0.3, -0.25) is 9.10 Å². The van der Waals surface area contributed by atoms with Crippen LogP contribution in [0.15, 0.2) is 65.6 Å². The van der Waals surface area contributed by atoms with Gasteiger partial charge in [-0.15, -0.1) is 0 Å². The van der Waals surface area contributed by atoms with Gasteiger partial charge in [-0.05, 0) is 61.0 Å². The molecule has 226 valence electrons. The van der Waals surface area contributed by atoms with Crippen molar-refractivity contribution in [2.45, 2.75) is 35.9 Å². The molecular weight excluding hydrogens is 604 g/mol. The molecule has 4 rings (SSSR count). The molecule has 1 heterocycles. The molecule has 3 aromatic carbocycles. The van der Waals surface area contributed by atoms with Crippen molar-refractivity contribution in [3.63, 3.8) is 0 Å². The molecule has 1 amide bonds. The Morgan fingerprint density at radius 1 is 1.02 bits per heavy atom. The van der Waals surface area contributed by atoms with E-state index in [0.717, 1.165) is 42.5 Å². The first kappa shape index (κ1) is 31.0. The number of benzene rings is 3. The number of ether oxygens (including phenoxy) is 1. The highest BCUT2D eigenvalue weighted by atomic mass is 32.2. The van der Waals surface area contributed by atoms with Gasteiger partial charge in [0, 0.05) is 5.56 Å². The summed E-state index contributed by atoms with van der Waals surface area (Å²) in [6.45, 7) is -1.30. The van der Waals surface area contributed by atoms with E-state index >= 15 is 0 Å². The van der Waals surface area contributed by atoms with E-state index in [1.807, 2.05) is 5.32 Å². The van der Waals surface area contributed by atoms with Crippen molar-refractivity contribution in [1.29, 1.82) is 0 Å².